The molecule has 0 aliphatic carbocycles. The Kier molecular flexibility index (Phi) is 6.17. The van der Waals surface area contributed by atoms with Gasteiger partial charge in [0.15, 0.2) is 0 Å². The smallest absolute Gasteiger partial charge is 0.224 e. The number of amides is 2. The normalized spacial score (nSPS) is 10.7. The van der Waals surface area contributed by atoms with E-state index in [0.29, 0.717) is 32.7 Å². The number of nitrogens with zero attached hydrogens (tertiary/aromatic N) is 1. The molecule has 2 rings (SSSR count). The van der Waals surface area contributed by atoms with Crippen molar-refractivity contribution in [2.45, 2.75) is 13.3 Å². The fourth-order valence-electron chi connectivity index (χ4n) is 2.47. The number of rotatable bonds is 8. The lowest BCUT2D eigenvalue weighted by molar-refractivity contribution is -0.130. The van der Waals surface area contributed by atoms with Crippen molar-refractivity contribution in [1.29, 1.82) is 0 Å². The van der Waals surface area contributed by atoms with Crippen molar-refractivity contribution >= 4 is 22.7 Å². The van der Waals surface area contributed by atoms with Gasteiger partial charge in [0.05, 0.1) is 13.0 Å². The van der Waals surface area contributed by atoms with Crippen LogP contribution in [0.2, 0.25) is 0 Å². The first-order chi connectivity index (χ1) is 11.1. The van der Waals surface area contributed by atoms with Crippen LogP contribution in [0, 0.1) is 0 Å². The van der Waals surface area contributed by atoms with Gasteiger partial charge in [0.2, 0.25) is 11.8 Å². The predicted octanol–water partition coefficient (Wildman–Crippen LogP) is 1.32. The molecule has 2 N–H and O–H groups in total. The number of fused-ring (bicyclic) bond motifs is 1. The van der Waals surface area contributed by atoms with E-state index in [4.69, 9.17) is 4.74 Å². The number of carbonyl (C=O) groups is 2. The lowest BCUT2D eigenvalue weighted by atomic mass is 10.1. The van der Waals surface area contributed by atoms with E-state index < -0.39 is 0 Å². The van der Waals surface area contributed by atoms with Crippen molar-refractivity contribution in [3.05, 3.63) is 36.0 Å². The number of carbonyl (C=O) groups excluding carboxylic acids is 2. The summed E-state index contributed by atoms with van der Waals surface area (Å²) in [5.74, 6) is -0.0714. The van der Waals surface area contributed by atoms with Gasteiger partial charge in [-0.25, -0.2) is 0 Å². The van der Waals surface area contributed by atoms with Crippen LogP contribution in [0.5, 0.6) is 0 Å². The largest absolute Gasteiger partial charge is 0.383 e. The van der Waals surface area contributed by atoms with Gasteiger partial charge >= 0.3 is 0 Å². The monoisotopic (exact) mass is 317 g/mol. The zero-order valence-electron chi connectivity index (χ0n) is 13.6. The average molecular weight is 317 g/mol. The molecular formula is C17H23N3O3. The number of H-pyrrole nitrogens is 1. The first kappa shape index (κ1) is 17.0. The maximum atomic E-state index is 12.1. The van der Waals surface area contributed by atoms with E-state index >= 15 is 0 Å². The van der Waals surface area contributed by atoms with E-state index in [1.807, 2.05) is 30.5 Å². The molecule has 6 nitrogen and oxygen atoms in total. The van der Waals surface area contributed by atoms with Crippen molar-refractivity contribution < 1.29 is 14.3 Å². The SMILES string of the molecule is COCCN(CCNC(=O)Cc1c[nH]c2ccccc12)C(C)=O. The van der Waals surface area contributed by atoms with Crippen molar-refractivity contribution in [2.75, 3.05) is 33.4 Å². The second-order valence-electron chi connectivity index (χ2n) is 5.39. The summed E-state index contributed by atoms with van der Waals surface area (Å²) in [4.78, 5) is 28.4. The quantitative estimate of drug-likeness (QED) is 0.771. The van der Waals surface area contributed by atoms with Gasteiger partial charge in [-0.05, 0) is 11.6 Å². The molecule has 0 aliphatic heterocycles. The van der Waals surface area contributed by atoms with Crippen LogP contribution in [0.25, 0.3) is 10.9 Å². The maximum absolute atomic E-state index is 12.1. The van der Waals surface area contributed by atoms with Crippen LogP contribution in [0.15, 0.2) is 30.5 Å². The van der Waals surface area contributed by atoms with Crippen molar-refractivity contribution in [3.63, 3.8) is 0 Å². The highest BCUT2D eigenvalue weighted by atomic mass is 16.5. The van der Waals surface area contributed by atoms with Crippen LogP contribution < -0.4 is 5.32 Å². The minimum Gasteiger partial charge on any atom is -0.383 e. The first-order valence-corrected chi connectivity index (χ1v) is 7.68. The summed E-state index contributed by atoms with van der Waals surface area (Å²) in [6, 6.07) is 7.89. The number of ether oxygens (including phenoxy) is 1. The van der Waals surface area contributed by atoms with E-state index in [0.717, 1.165) is 16.5 Å². The molecule has 23 heavy (non-hydrogen) atoms. The van der Waals surface area contributed by atoms with E-state index in [1.54, 1.807) is 12.0 Å². The van der Waals surface area contributed by atoms with Crippen LogP contribution in [0.3, 0.4) is 0 Å². The molecule has 124 valence electrons. The van der Waals surface area contributed by atoms with Gasteiger partial charge in [0.25, 0.3) is 0 Å². The van der Waals surface area contributed by atoms with Gasteiger partial charge in [-0.1, -0.05) is 18.2 Å². The molecule has 0 fully saturated rings. The average Bonchev–Trinajstić information content (AvgIpc) is 2.93. The van der Waals surface area contributed by atoms with Crippen LogP contribution in [-0.2, 0) is 20.7 Å². The highest BCUT2D eigenvalue weighted by Gasteiger charge is 2.10. The summed E-state index contributed by atoms with van der Waals surface area (Å²) in [6.07, 6.45) is 2.19. The third-order valence-corrected chi connectivity index (χ3v) is 3.74. The zero-order valence-corrected chi connectivity index (χ0v) is 13.6. The van der Waals surface area contributed by atoms with Gasteiger partial charge < -0.3 is 19.9 Å². The molecule has 0 radical (unpaired) electrons. The van der Waals surface area contributed by atoms with E-state index in [-0.39, 0.29) is 11.8 Å². The van der Waals surface area contributed by atoms with Crippen molar-refractivity contribution in [2.24, 2.45) is 0 Å². The molecule has 1 aromatic carbocycles. The number of hydrogen-bond donors (Lipinski definition) is 2. The zero-order chi connectivity index (χ0) is 16.7. The number of para-hydroxylation sites is 1. The number of benzene rings is 1. The first-order valence-electron chi connectivity index (χ1n) is 7.68. The molecular weight excluding hydrogens is 294 g/mol. The number of methoxy groups -OCH3 is 1. The second kappa shape index (κ2) is 8.33. The van der Waals surface area contributed by atoms with E-state index in [2.05, 4.69) is 10.3 Å². The van der Waals surface area contributed by atoms with Crippen LogP contribution in [-0.4, -0.2) is 55.0 Å². The molecule has 6 heteroatoms. The van der Waals surface area contributed by atoms with Crippen LogP contribution in [0.4, 0.5) is 0 Å². The van der Waals surface area contributed by atoms with Gasteiger partial charge in [-0.15, -0.1) is 0 Å². The number of aromatic nitrogens is 1. The predicted molar refractivity (Wildman–Crippen MR) is 89.1 cm³/mol. The van der Waals surface area contributed by atoms with Gasteiger partial charge in [0, 0.05) is 50.8 Å². The van der Waals surface area contributed by atoms with Gasteiger partial charge in [-0.3, -0.25) is 9.59 Å². The Hall–Kier alpha value is -2.34. The Bertz CT molecular complexity index is 666. The van der Waals surface area contributed by atoms with Crippen molar-refractivity contribution in [1.82, 2.24) is 15.2 Å². The summed E-state index contributed by atoms with van der Waals surface area (Å²) in [5, 5.41) is 3.92. The summed E-state index contributed by atoms with van der Waals surface area (Å²) in [6.45, 7) is 3.46. The molecule has 0 saturated carbocycles. The standard InChI is InChI=1S/C17H23N3O3/c1-13(21)20(9-10-23-2)8-7-18-17(22)11-14-12-19-16-6-4-3-5-15(14)16/h3-6,12,19H,7-11H2,1-2H3,(H,18,22). The molecule has 0 bridgehead atoms. The number of aromatic amines is 1. The third-order valence-electron chi connectivity index (χ3n) is 3.74. The molecule has 0 spiro atoms. The second-order valence-corrected chi connectivity index (χ2v) is 5.39. The summed E-state index contributed by atoms with van der Waals surface area (Å²) >= 11 is 0. The van der Waals surface area contributed by atoms with Crippen molar-refractivity contribution in [3.8, 4) is 0 Å². The van der Waals surface area contributed by atoms with Gasteiger partial charge in [0.1, 0.15) is 0 Å². The van der Waals surface area contributed by atoms with Gasteiger partial charge in [-0.2, -0.15) is 0 Å². The lowest BCUT2D eigenvalue weighted by Crippen LogP contribution is -2.39. The summed E-state index contributed by atoms with van der Waals surface area (Å²) in [5.41, 5.74) is 2.00. The molecule has 2 amide bonds. The molecule has 1 heterocycles. The number of hydrogen-bond acceptors (Lipinski definition) is 3. The molecule has 2 aromatic rings. The third kappa shape index (κ3) is 4.82. The lowest BCUT2D eigenvalue weighted by Gasteiger charge is -2.20. The highest BCUT2D eigenvalue weighted by molar-refractivity contribution is 5.88. The van der Waals surface area contributed by atoms with E-state index in [9.17, 15) is 9.59 Å². The Balaban J connectivity index is 1.82. The van der Waals surface area contributed by atoms with Crippen LogP contribution in [0.1, 0.15) is 12.5 Å². The number of nitrogens with one attached hydrogen (secondary N) is 2. The minimum atomic E-state index is -0.0509. The molecule has 0 unspecified atom stereocenters. The Morgan fingerprint density at radius 2 is 2.04 bits per heavy atom. The Morgan fingerprint density at radius 3 is 2.78 bits per heavy atom. The highest BCUT2D eigenvalue weighted by Crippen LogP contribution is 2.17. The molecule has 0 aliphatic rings. The fourth-order valence-corrected chi connectivity index (χ4v) is 2.47. The molecule has 0 atom stereocenters. The Labute approximate surface area is 135 Å². The Morgan fingerprint density at radius 1 is 1.26 bits per heavy atom. The van der Waals surface area contributed by atoms with Crippen LogP contribution >= 0.6 is 0 Å². The molecule has 0 saturated heterocycles. The summed E-state index contributed by atoms with van der Waals surface area (Å²) < 4.78 is 4.98. The molecule has 1 aromatic heterocycles. The maximum Gasteiger partial charge on any atom is 0.224 e. The minimum absolute atomic E-state index is 0.0204. The summed E-state index contributed by atoms with van der Waals surface area (Å²) in [7, 11) is 1.60. The fraction of sp³-hybridized carbons (Fsp3) is 0.412. The topological polar surface area (TPSA) is 74.4 Å². The van der Waals surface area contributed by atoms with E-state index in [1.165, 1.54) is 6.92 Å².